The molecule has 1 unspecified atom stereocenters. The van der Waals surface area contributed by atoms with Gasteiger partial charge in [-0.25, -0.2) is 0 Å². The monoisotopic (exact) mass is 164 g/mol. The second kappa shape index (κ2) is 3.88. The number of hydrogen-bond acceptors (Lipinski definition) is 3. The number of H-pyrrole nitrogens is 1. The van der Waals surface area contributed by atoms with Gasteiger partial charge in [0.05, 0.1) is 12.1 Å². The van der Waals surface area contributed by atoms with Gasteiger partial charge in [-0.15, -0.1) is 0 Å². The standard InChI is InChI=1S/C8H12N4/c1-7(5-9)12(2)6-8-3-4-10-11-8/h3-4,7H,6H2,1-2H3,(H,10,11). The van der Waals surface area contributed by atoms with Crippen molar-refractivity contribution in [1.29, 1.82) is 5.26 Å². The van der Waals surface area contributed by atoms with Crippen LogP contribution in [0, 0.1) is 11.3 Å². The van der Waals surface area contributed by atoms with Gasteiger partial charge in [0.1, 0.15) is 0 Å². The van der Waals surface area contributed by atoms with Gasteiger partial charge >= 0.3 is 0 Å². The minimum Gasteiger partial charge on any atom is -0.286 e. The minimum atomic E-state index is -0.0618. The first kappa shape index (κ1) is 8.75. The first-order valence-corrected chi connectivity index (χ1v) is 3.82. The predicted octanol–water partition coefficient (Wildman–Crippen LogP) is 0.754. The maximum Gasteiger partial charge on any atom is 0.0950 e. The Hall–Kier alpha value is -1.34. The largest absolute Gasteiger partial charge is 0.286 e. The lowest BCUT2D eigenvalue weighted by molar-refractivity contribution is 0.291. The smallest absolute Gasteiger partial charge is 0.0950 e. The molecule has 0 saturated heterocycles. The van der Waals surface area contributed by atoms with E-state index in [1.807, 2.05) is 24.9 Å². The van der Waals surface area contributed by atoms with Gasteiger partial charge in [0.2, 0.25) is 0 Å². The van der Waals surface area contributed by atoms with E-state index in [0.717, 1.165) is 12.2 Å². The summed E-state index contributed by atoms with van der Waals surface area (Å²) in [6, 6.07) is 4.01. The van der Waals surface area contributed by atoms with Gasteiger partial charge in [-0.1, -0.05) is 0 Å². The summed E-state index contributed by atoms with van der Waals surface area (Å²) in [6.45, 7) is 2.60. The summed E-state index contributed by atoms with van der Waals surface area (Å²) in [5.74, 6) is 0. The molecule has 1 aromatic rings. The Morgan fingerprint density at radius 3 is 3.08 bits per heavy atom. The highest BCUT2D eigenvalue weighted by molar-refractivity contribution is 4.98. The zero-order valence-electron chi connectivity index (χ0n) is 7.28. The molecule has 1 heterocycles. The Bertz CT molecular complexity index is 259. The van der Waals surface area contributed by atoms with Gasteiger partial charge in [0, 0.05) is 18.4 Å². The van der Waals surface area contributed by atoms with Crippen LogP contribution in [0.5, 0.6) is 0 Å². The van der Waals surface area contributed by atoms with Gasteiger partial charge in [-0.2, -0.15) is 10.4 Å². The van der Waals surface area contributed by atoms with Crippen molar-refractivity contribution in [3.8, 4) is 6.07 Å². The highest BCUT2D eigenvalue weighted by atomic mass is 15.2. The third-order valence-electron chi connectivity index (χ3n) is 1.83. The Labute approximate surface area is 71.8 Å². The lowest BCUT2D eigenvalue weighted by atomic mass is 10.3. The van der Waals surface area contributed by atoms with E-state index in [1.54, 1.807) is 6.20 Å². The Morgan fingerprint density at radius 2 is 2.58 bits per heavy atom. The van der Waals surface area contributed by atoms with E-state index in [0.29, 0.717) is 0 Å². The van der Waals surface area contributed by atoms with Crippen molar-refractivity contribution in [2.45, 2.75) is 19.5 Å². The summed E-state index contributed by atoms with van der Waals surface area (Å²) in [5.41, 5.74) is 1.03. The number of nitrogens with one attached hydrogen (secondary N) is 1. The summed E-state index contributed by atoms with van der Waals surface area (Å²) in [6.07, 6.45) is 1.71. The lowest BCUT2D eigenvalue weighted by Crippen LogP contribution is -2.27. The van der Waals surface area contributed by atoms with Gasteiger partial charge in [-0.3, -0.25) is 10.00 Å². The van der Waals surface area contributed by atoms with Crippen molar-refractivity contribution in [3.05, 3.63) is 18.0 Å². The predicted molar refractivity (Wildman–Crippen MR) is 45.1 cm³/mol. The van der Waals surface area contributed by atoms with E-state index in [9.17, 15) is 0 Å². The number of nitrogens with zero attached hydrogens (tertiary/aromatic N) is 3. The molecule has 1 atom stereocenters. The van der Waals surface area contributed by atoms with Crippen LogP contribution in [0.3, 0.4) is 0 Å². The van der Waals surface area contributed by atoms with E-state index in [-0.39, 0.29) is 6.04 Å². The van der Waals surface area contributed by atoms with Crippen LogP contribution in [-0.4, -0.2) is 28.2 Å². The molecule has 0 aromatic carbocycles. The molecule has 1 N–H and O–H groups in total. The third-order valence-corrected chi connectivity index (χ3v) is 1.83. The molecule has 4 nitrogen and oxygen atoms in total. The van der Waals surface area contributed by atoms with Crippen LogP contribution >= 0.6 is 0 Å². The summed E-state index contributed by atoms with van der Waals surface area (Å²) < 4.78 is 0. The molecule has 1 rings (SSSR count). The molecule has 0 amide bonds. The van der Waals surface area contributed by atoms with E-state index in [4.69, 9.17) is 5.26 Å². The van der Waals surface area contributed by atoms with Crippen molar-refractivity contribution in [2.24, 2.45) is 0 Å². The average Bonchev–Trinajstić information content (AvgIpc) is 2.55. The van der Waals surface area contributed by atoms with E-state index in [1.165, 1.54) is 0 Å². The van der Waals surface area contributed by atoms with Crippen molar-refractivity contribution in [2.75, 3.05) is 7.05 Å². The number of nitriles is 1. The molecule has 0 bridgehead atoms. The summed E-state index contributed by atoms with van der Waals surface area (Å²) in [5, 5.41) is 15.3. The van der Waals surface area contributed by atoms with Crippen LogP contribution in [-0.2, 0) is 6.54 Å². The molecular weight excluding hydrogens is 152 g/mol. The first-order chi connectivity index (χ1) is 5.74. The van der Waals surface area contributed by atoms with E-state index < -0.39 is 0 Å². The molecule has 1 aromatic heterocycles. The van der Waals surface area contributed by atoms with Gasteiger partial charge < -0.3 is 0 Å². The SMILES string of the molecule is CC(C#N)N(C)Cc1ccn[nH]1. The molecule has 0 fully saturated rings. The molecule has 12 heavy (non-hydrogen) atoms. The minimum absolute atomic E-state index is 0.0618. The molecule has 0 saturated carbocycles. The molecular formula is C8H12N4. The van der Waals surface area contributed by atoms with Gasteiger partial charge in [-0.05, 0) is 20.0 Å². The van der Waals surface area contributed by atoms with Crippen LogP contribution in [0.2, 0.25) is 0 Å². The number of aromatic amines is 1. The zero-order chi connectivity index (χ0) is 8.97. The quantitative estimate of drug-likeness (QED) is 0.717. The molecule has 0 aliphatic rings. The lowest BCUT2D eigenvalue weighted by Gasteiger charge is -2.17. The Balaban J connectivity index is 2.48. The molecule has 4 heteroatoms. The summed E-state index contributed by atoms with van der Waals surface area (Å²) in [7, 11) is 1.91. The van der Waals surface area contributed by atoms with Crippen LogP contribution in [0.15, 0.2) is 12.3 Å². The molecule has 0 radical (unpaired) electrons. The highest BCUT2D eigenvalue weighted by Gasteiger charge is 2.07. The summed E-state index contributed by atoms with van der Waals surface area (Å²) >= 11 is 0. The molecule has 0 spiro atoms. The summed E-state index contributed by atoms with van der Waals surface area (Å²) in [4.78, 5) is 1.95. The van der Waals surface area contributed by atoms with Crippen molar-refractivity contribution in [3.63, 3.8) is 0 Å². The first-order valence-electron chi connectivity index (χ1n) is 3.82. The Kier molecular flexibility index (Phi) is 2.83. The fourth-order valence-electron chi connectivity index (χ4n) is 0.877. The third kappa shape index (κ3) is 2.07. The Morgan fingerprint density at radius 1 is 1.83 bits per heavy atom. The van der Waals surface area contributed by atoms with Crippen LogP contribution in [0.25, 0.3) is 0 Å². The fourth-order valence-corrected chi connectivity index (χ4v) is 0.877. The zero-order valence-corrected chi connectivity index (χ0v) is 7.28. The number of rotatable bonds is 3. The maximum atomic E-state index is 8.62. The topological polar surface area (TPSA) is 55.7 Å². The van der Waals surface area contributed by atoms with Crippen LogP contribution in [0.4, 0.5) is 0 Å². The van der Waals surface area contributed by atoms with Crippen molar-refractivity contribution in [1.82, 2.24) is 15.1 Å². The van der Waals surface area contributed by atoms with Gasteiger partial charge in [0.15, 0.2) is 0 Å². The average molecular weight is 164 g/mol. The van der Waals surface area contributed by atoms with Gasteiger partial charge in [0.25, 0.3) is 0 Å². The molecule has 0 aliphatic carbocycles. The highest BCUT2D eigenvalue weighted by Crippen LogP contribution is 2.01. The van der Waals surface area contributed by atoms with E-state index in [2.05, 4.69) is 16.3 Å². The maximum absolute atomic E-state index is 8.62. The number of aromatic nitrogens is 2. The van der Waals surface area contributed by atoms with Crippen molar-refractivity contribution >= 4 is 0 Å². The van der Waals surface area contributed by atoms with Crippen LogP contribution in [0.1, 0.15) is 12.6 Å². The molecule has 64 valence electrons. The second-order valence-electron chi connectivity index (χ2n) is 2.80. The molecule has 0 aliphatic heterocycles. The van der Waals surface area contributed by atoms with E-state index >= 15 is 0 Å². The number of hydrogen-bond donors (Lipinski definition) is 1. The second-order valence-corrected chi connectivity index (χ2v) is 2.80. The normalized spacial score (nSPS) is 12.8. The van der Waals surface area contributed by atoms with Crippen LogP contribution < -0.4 is 0 Å². The fraction of sp³-hybridized carbons (Fsp3) is 0.500. The van der Waals surface area contributed by atoms with Crippen molar-refractivity contribution < 1.29 is 0 Å².